The maximum Gasteiger partial charge on any atom is 0.433 e. The molecule has 58 heavy (non-hydrogen) atoms. The zero-order valence-electron chi connectivity index (χ0n) is 32.3. The molecule has 5 heterocycles. The minimum absolute atomic E-state index is 0.202. The highest BCUT2D eigenvalue weighted by atomic mass is 19.4. The number of imidazole rings is 1. The molecule has 3 aliphatic rings. The van der Waals surface area contributed by atoms with Crippen LogP contribution in [0.5, 0.6) is 5.75 Å². The van der Waals surface area contributed by atoms with Crippen molar-refractivity contribution in [1.29, 1.82) is 0 Å². The third-order valence-corrected chi connectivity index (χ3v) is 12.0. The largest absolute Gasteiger partial charge is 0.494 e. The van der Waals surface area contributed by atoms with Gasteiger partial charge in [0.05, 0.1) is 41.1 Å². The van der Waals surface area contributed by atoms with Gasteiger partial charge in [0.2, 0.25) is 11.8 Å². The predicted octanol–water partition coefficient (Wildman–Crippen LogP) is 5.58. The van der Waals surface area contributed by atoms with E-state index in [1.807, 2.05) is 29.1 Å². The molecule has 3 N–H and O–H groups in total. The normalized spacial score (nSPS) is 20.8. The lowest BCUT2D eigenvalue weighted by molar-refractivity contribution is -0.141. The number of amides is 3. The Labute approximate surface area is 331 Å². The molecule has 1 saturated carbocycles. The van der Waals surface area contributed by atoms with Crippen LogP contribution in [0.25, 0.3) is 21.9 Å². The number of methoxy groups -OCH3 is 1. The van der Waals surface area contributed by atoms with E-state index in [0.29, 0.717) is 40.7 Å². The molecule has 306 valence electrons. The first-order chi connectivity index (χ1) is 27.9. The minimum Gasteiger partial charge on any atom is -0.494 e. The molecule has 14 nitrogen and oxygen atoms in total. The molecule has 1 aliphatic carbocycles. The number of alkyl halides is 3. The zero-order chi connectivity index (χ0) is 40.7. The van der Waals surface area contributed by atoms with Crippen LogP contribution in [0.4, 0.5) is 24.5 Å². The molecule has 1 atom stereocenters. The summed E-state index contributed by atoms with van der Waals surface area (Å²) in [5.74, 6) is -0.101. The van der Waals surface area contributed by atoms with Crippen LogP contribution < -0.4 is 31.3 Å². The van der Waals surface area contributed by atoms with Crippen LogP contribution in [0.15, 0.2) is 59.5 Å². The Hall–Kier alpha value is -5.71. The number of piperidine rings is 2. The Morgan fingerprint density at radius 2 is 1.67 bits per heavy atom. The summed E-state index contributed by atoms with van der Waals surface area (Å²) >= 11 is 0. The van der Waals surface area contributed by atoms with Gasteiger partial charge >= 0.3 is 11.9 Å². The number of anilines is 2. The van der Waals surface area contributed by atoms with Gasteiger partial charge in [0.25, 0.3) is 5.91 Å². The van der Waals surface area contributed by atoms with Crippen LogP contribution in [0.1, 0.15) is 79.6 Å². The lowest BCUT2D eigenvalue weighted by Gasteiger charge is -2.35. The highest BCUT2D eigenvalue weighted by Gasteiger charge is 2.34. The first kappa shape index (κ1) is 39.1. The molecule has 17 heteroatoms. The van der Waals surface area contributed by atoms with Gasteiger partial charge in [-0.15, -0.1) is 0 Å². The highest BCUT2D eigenvalue weighted by molar-refractivity contribution is 6.05. The number of ether oxygens (including phenoxy) is 1. The molecule has 3 amide bonds. The van der Waals surface area contributed by atoms with Crippen LogP contribution >= 0.6 is 0 Å². The summed E-state index contributed by atoms with van der Waals surface area (Å²) in [5, 5.41) is 14.4. The van der Waals surface area contributed by atoms with Crippen molar-refractivity contribution >= 4 is 51.0 Å². The second kappa shape index (κ2) is 15.9. The number of pyridine rings is 1. The van der Waals surface area contributed by atoms with E-state index in [2.05, 4.69) is 25.8 Å². The Kier molecular flexibility index (Phi) is 10.7. The number of nitrogens with one attached hydrogen (secondary N) is 3. The van der Waals surface area contributed by atoms with Crippen LogP contribution in [-0.4, -0.2) is 74.9 Å². The van der Waals surface area contributed by atoms with Crippen molar-refractivity contribution in [2.45, 2.75) is 69.6 Å². The first-order valence-corrected chi connectivity index (χ1v) is 19.8. The topological polar surface area (TPSA) is 157 Å². The van der Waals surface area contributed by atoms with Crippen LogP contribution in [0.3, 0.4) is 0 Å². The van der Waals surface area contributed by atoms with Gasteiger partial charge in [-0.1, -0.05) is 12.1 Å². The van der Waals surface area contributed by atoms with Gasteiger partial charge in [-0.25, -0.2) is 9.78 Å². The third kappa shape index (κ3) is 7.78. The Morgan fingerprint density at radius 3 is 2.38 bits per heavy atom. The Balaban J connectivity index is 0.824. The lowest BCUT2D eigenvalue weighted by Crippen LogP contribution is -2.44. The number of benzene rings is 2. The predicted molar refractivity (Wildman–Crippen MR) is 211 cm³/mol. The molecule has 3 fully saturated rings. The smallest absolute Gasteiger partial charge is 0.433 e. The summed E-state index contributed by atoms with van der Waals surface area (Å²) in [6.07, 6.45) is 3.87. The van der Waals surface area contributed by atoms with Crippen molar-refractivity contribution in [2.24, 2.45) is 18.9 Å². The fourth-order valence-electron chi connectivity index (χ4n) is 8.82. The summed E-state index contributed by atoms with van der Waals surface area (Å²) in [4.78, 5) is 56.5. The van der Waals surface area contributed by atoms with E-state index in [-0.39, 0.29) is 29.8 Å². The standard InChI is InChI=1S/C41H46F3N9O5/c1-50-37-31(6-4-7-32(37)53(40(50)57)33-13-14-36(54)48-39(33)56)51-17-15-25(16-18-51)22-45-21-24-9-11-27(12-10-24)52-23-26-19-30(34(58-2)20-29(26)49-52)47-38(55)28-5-3-8-35(46-28)41(42,43)44/h3-8,19-20,23-25,27,33,45H,9-18,21-22H2,1-2H3,(H,47,55)(H,48,54,56)/t24?,27?,33-/m1/s1. The summed E-state index contributed by atoms with van der Waals surface area (Å²) < 4.78 is 50.1. The van der Waals surface area contributed by atoms with Gasteiger partial charge < -0.3 is 20.3 Å². The zero-order valence-corrected chi connectivity index (χ0v) is 32.3. The van der Waals surface area contributed by atoms with Crippen LogP contribution in [0.2, 0.25) is 0 Å². The average Bonchev–Trinajstić information content (AvgIpc) is 3.75. The number of hydrogen-bond acceptors (Lipinski definition) is 9. The van der Waals surface area contributed by atoms with Crippen LogP contribution in [-0.2, 0) is 22.8 Å². The van der Waals surface area contributed by atoms with Gasteiger partial charge in [-0.05, 0) is 100 Å². The number of rotatable bonds is 10. The van der Waals surface area contributed by atoms with E-state index >= 15 is 0 Å². The number of hydrogen-bond donors (Lipinski definition) is 3. The summed E-state index contributed by atoms with van der Waals surface area (Å²) in [7, 11) is 3.19. The molecule has 0 radical (unpaired) electrons. The molecular weight excluding hydrogens is 756 g/mol. The number of nitrogens with zero attached hydrogens (tertiary/aromatic N) is 6. The van der Waals surface area contributed by atoms with Gasteiger partial charge in [0.1, 0.15) is 23.2 Å². The van der Waals surface area contributed by atoms with Gasteiger partial charge in [-0.3, -0.25) is 33.5 Å². The summed E-state index contributed by atoms with van der Waals surface area (Å²) in [6, 6.07) is 12.0. The second-order valence-corrected chi connectivity index (χ2v) is 15.7. The number of aryl methyl sites for hydroxylation is 1. The number of carbonyl (C=O) groups excluding carboxylic acids is 3. The summed E-state index contributed by atoms with van der Waals surface area (Å²) in [6.45, 7) is 3.61. The Bertz CT molecular complexity index is 2420. The molecule has 2 aromatic carbocycles. The second-order valence-electron chi connectivity index (χ2n) is 15.7. The number of fused-ring (bicyclic) bond motifs is 2. The number of imide groups is 1. The van der Waals surface area contributed by atoms with E-state index in [9.17, 15) is 32.3 Å². The summed E-state index contributed by atoms with van der Waals surface area (Å²) in [5.41, 5.74) is 1.72. The van der Waals surface area contributed by atoms with Gasteiger partial charge in [0.15, 0.2) is 0 Å². The first-order valence-electron chi connectivity index (χ1n) is 19.8. The maximum absolute atomic E-state index is 13.4. The van der Waals surface area contributed by atoms with Crippen LogP contribution in [0, 0.1) is 11.8 Å². The van der Waals surface area contributed by atoms with Crippen molar-refractivity contribution in [3.63, 3.8) is 0 Å². The van der Waals surface area contributed by atoms with E-state index in [1.165, 1.54) is 17.7 Å². The van der Waals surface area contributed by atoms with Crippen molar-refractivity contribution in [3.05, 3.63) is 76.6 Å². The molecular formula is C41H46F3N9O5. The third-order valence-electron chi connectivity index (χ3n) is 12.0. The molecule has 5 aromatic rings. The quantitative estimate of drug-likeness (QED) is 0.154. The molecule has 8 rings (SSSR count). The van der Waals surface area contributed by atoms with E-state index in [1.54, 1.807) is 23.7 Å². The van der Waals surface area contributed by atoms with Crippen molar-refractivity contribution < 1.29 is 32.3 Å². The highest BCUT2D eigenvalue weighted by Crippen LogP contribution is 2.36. The fraction of sp³-hybridized carbons (Fsp3) is 0.463. The average molecular weight is 802 g/mol. The van der Waals surface area contributed by atoms with Crippen molar-refractivity contribution in [1.82, 2.24) is 34.5 Å². The Morgan fingerprint density at radius 1 is 0.948 bits per heavy atom. The van der Waals surface area contributed by atoms with E-state index in [0.717, 1.165) is 93.4 Å². The minimum atomic E-state index is -4.67. The molecule has 0 spiro atoms. The maximum atomic E-state index is 13.4. The number of para-hydroxylation sites is 1. The fourth-order valence-corrected chi connectivity index (χ4v) is 8.82. The SMILES string of the molecule is COc1cc2nn(C3CCC(CNCC4CCN(c5cccc6c5n(C)c(=O)n6[C@@H]5CCC(=O)NC5=O)CC4)CC3)cc2cc1NC(=O)c1cccc(C(F)(F)F)n1. The number of aromatic nitrogens is 5. The van der Waals surface area contributed by atoms with Gasteiger partial charge in [0, 0.05) is 44.2 Å². The lowest BCUT2D eigenvalue weighted by atomic mass is 9.86. The number of halogens is 3. The van der Waals surface area contributed by atoms with Crippen molar-refractivity contribution in [3.8, 4) is 5.75 Å². The van der Waals surface area contributed by atoms with Crippen molar-refractivity contribution in [2.75, 3.05) is 43.5 Å². The molecule has 0 unspecified atom stereocenters. The molecule has 2 saturated heterocycles. The monoisotopic (exact) mass is 801 g/mol. The molecule has 3 aromatic heterocycles. The number of carbonyl (C=O) groups is 3. The molecule has 2 aliphatic heterocycles. The van der Waals surface area contributed by atoms with E-state index in [4.69, 9.17) is 9.84 Å². The van der Waals surface area contributed by atoms with E-state index < -0.39 is 29.7 Å². The van der Waals surface area contributed by atoms with Gasteiger partial charge in [-0.2, -0.15) is 18.3 Å². The molecule has 0 bridgehead atoms.